The molecular weight excluding hydrogens is 136 g/mol. The SMILES string of the molecule is CCC=[C]OC1CCCCC1. The fourth-order valence-electron chi connectivity index (χ4n) is 1.41. The molecule has 0 N–H and O–H groups in total. The summed E-state index contributed by atoms with van der Waals surface area (Å²) >= 11 is 0. The Morgan fingerprint density at radius 3 is 2.73 bits per heavy atom. The zero-order chi connectivity index (χ0) is 7.94. The second kappa shape index (κ2) is 5.22. The highest BCUT2D eigenvalue weighted by atomic mass is 16.5. The van der Waals surface area contributed by atoms with Crippen molar-refractivity contribution < 1.29 is 4.74 Å². The van der Waals surface area contributed by atoms with Crippen LogP contribution in [0.2, 0.25) is 0 Å². The van der Waals surface area contributed by atoms with Gasteiger partial charge in [-0.15, -0.1) is 0 Å². The van der Waals surface area contributed by atoms with Gasteiger partial charge in [0.25, 0.3) is 0 Å². The summed E-state index contributed by atoms with van der Waals surface area (Å²) in [6, 6.07) is 0. The molecule has 0 atom stereocenters. The van der Waals surface area contributed by atoms with Crippen LogP contribution in [0.1, 0.15) is 45.4 Å². The van der Waals surface area contributed by atoms with Gasteiger partial charge in [0.1, 0.15) is 0 Å². The van der Waals surface area contributed by atoms with Crippen molar-refractivity contribution >= 4 is 0 Å². The lowest BCUT2D eigenvalue weighted by Crippen LogP contribution is -2.13. The Kier molecular flexibility index (Phi) is 4.10. The maximum atomic E-state index is 5.42. The van der Waals surface area contributed by atoms with Crippen molar-refractivity contribution in [2.75, 3.05) is 0 Å². The highest BCUT2D eigenvalue weighted by Gasteiger charge is 2.12. The zero-order valence-electron chi connectivity index (χ0n) is 7.31. The lowest BCUT2D eigenvalue weighted by atomic mass is 9.98. The fourth-order valence-corrected chi connectivity index (χ4v) is 1.41. The predicted molar refractivity (Wildman–Crippen MR) is 46.1 cm³/mol. The molecule has 1 nitrogen and oxygen atoms in total. The minimum absolute atomic E-state index is 0.464. The van der Waals surface area contributed by atoms with Gasteiger partial charge in [0.15, 0.2) is 6.26 Å². The van der Waals surface area contributed by atoms with Gasteiger partial charge in [-0.25, -0.2) is 0 Å². The Balaban J connectivity index is 2.09. The molecule has 1 heteroatoms. The first kappa shape index (κ1) is 8.63. The highest BCUT2D eigenvalue weighted by Crippen LogP contribution is 2.20. The summed E-state index contributed by atoms with van der Waals surface area (Å²) in [5.41, 5.74) is 0. The summed E-state index contributed by atoms with van der Waals surface area (Å²) in [6.45, 7) is 2.09. The van der Waals surface area contributed by atoms with E-state index in [4.69, 9.17) is 4.74 Å². The van der Waals surface area contributed by atoms with Crippen LogP contribution in [0, 0.1) is 6.26 Å². The first-order valence-corrected chi connectivity index (χ1v) is 4.66. The molecule has 0 aromatic carbocycles. The van der Waals surface area contributed by atoms with E-state index in [9.17, 15) is 0 Å². The quantitative estimate of drug-likeness (QED) is 0.566. The molecule has 1 aliphatic carbocycles. The molecule has 1 aliphatic rings. The van der Waals surface area contributed by atoms with E-state index >= 15 is 0 Å². The minimum atomic E-state index is 0.464. The standard InChI is InChI=1S/C10H17O/c1-2-3-9-11-10-7-5-4-6-8-10/h3,10H,2,4-8H2,1H3. The fraction of sp³-hybridized carbons (Fsp3) is 0.800. The molecule has 0 saturated heterocycles. The Labute approximate surface area is 69.4 Å². The molecule has 0 spiro atoms. The van der Waals surface area contributed by atoms with Crippen molar-refractivity contribution in [1.82, 2.24) is 0 Å². The zero-order valence-corrected chi connectivity index (χ0v) is 7.31. The molecule has 0 aromatic rings. The van der Waals surface area contributed by atoms with Crippen LogP contribution in [0.4, 0.5) is 0 Å². The average Bonchev–Trinajstić information content (AvgIpc) is 2.07. The van der Waals surface area contributed by atoms with Crippen LogP contribution < -0.4 is 0 Å². The predicted octanol–water partition coefficient (Wildman–Crippen LogP) is 3.06. The van der Waals surface area contributed by atoms with Crippen LogP contribution >= 0.6 is 0 Å². The van der Waals surface area contributed by atoms with Crippen LogP contribution in [0.25, 0.3) is 0 Å². The first-order chi connectivity index (χ1) is 5.43. The molecule has 1 radical (unpaired) electrons. The summed E-state index contributed by atoms with van der Waals surface area (Å²) in [6.07, 6.45) is 12.8. The second-order valence-corrected chi connectivity index (χ2v) is 3.11. The largest absolute Gasteiger partial charge is 0.487 e. The highest BCUT2D eigenvalue weighted by molar-refractivity contribution is 4.69. The van der Waals surface area contributed by atoms with Crippen LogP contribution in [-0.4, -0.2) is 6.10 Å². The van der Waals surface area contributed by atoms with Crippen molar-refractivity contribution in [3.63, 3.8) is 0 Å². The molecule has 63 valence electrons. The van der Waals surface area contributed by atoms with E-state index in [2.05, 4.69) is 13.2 Å². The van der Waals surface area contributed by atoms with Gasteiger partial charge in [0.05, 0.1) is 6.10 Å². The molecule has 0 heterocycles. The second-order valence-electron chi connectivity index (χ2n) is 3.11. The number of hydrogen-bond donors (Lipinski definition) is 0. The molecule has 0 unspecified atom stereocenters. The molecule has 11 heavy (non-hydrogen) atoms. The topological polar surface area (TPSA) is 9.23 Å². The van der Waals surface area contributed by atoms with E-state index in [0.29, 0.717) is 6.10 Å². The van der Waals surface area contributed by atoms with E-state index in [1.165, 1.54) is 32.1 Å². The van der Waals surface area contributed by atoms with E-state index in [-0.39, 0.29) is 0 Å². The average molecular weight is 153 g/mol. The van der Waals surface area contributed by atoms with Gasteiger partial charge < -0.3 is 4.74 Å². The van der Waals surface area contributed by atoms with E-state index in [0.717, 1.165) is 6.42 Å². The maximum absolute atomic E-state index is 5.42. The van der Waals surface area contributed by atoms with E-state index in [1.54, 1.807) is 0 Å². The van der Waals surface area contributed by atoms with Gasteiger partial charge in [0, 0.05) is 0 Å². The monoisotopic (exact) mass is 153 g/mol. The Morgan fingerprint density at radius 2 is 2.09 bits per heavy atom. The van der Waals surface area contributed by atoms with Gasteiger partial charge in [-0.1, -0.05) is 13.3 Å². The number of ether oxygens (including phenoxy) is 1. The molecule has 1 fully saturated rings. The van der Waals surface area contributed by atoms with E-state index < -0.39 is 0 Å². The lowest BCUT2D eigenvalue weighted by Gasteiger charge is -2.20. The van der Waals surface area contributed by atoms with Crippen LogP contribution in [0.15, 0.2) is 6.08 Å². The summed E-state index contributed by atoms with van der Waals surface area (Å²) in [5, 5.41) is 0. The van der Waals surface area contributed by atoms with Crippen LogP contribution in [-0.2, 0) is 4.74 Å². The van der Waals surface area contributed by atoms with Gasteiger partial charge in [-0.2, -0.15) is 0 Å². The van der Waals surface area contributed by atoms with Gasteiger partial charge >= 0.3 is 0 Å². The molecule has 0 aromatic heterocycles. The Morgan fingerprint density at radius 1 is 1.36 bits per heavy atom. The van der Waals surface area contributed by atoms with Crippen molar-refractivity contribution in [3.05, 3.63) is 12.3 Å². The van der Waals surface area contributed by atoms with Crippen molar-refractivity contribution in [2.24, 2.45) is 0 Å². The molecule has 0 amide bonds. The lowest BCUT2D eigenvalue weighted by molar-refractivity contribution is 0.0915. The molecule has 1 rings (SSSR count). The number of allylic oxidation sites excluding steroid dienone is 1. The summed E-state index contributed by atoms with van der Waals surface area (Å²) in [7, 11) is 0. The molecule has 1 saturated carbocycles. The van der Waals surface area contributed by atoms with Gasteiger partial charge in [-0.3, -0.25) is 0 Å². The molecular formula is C10H17O. The van der Waals surface area contributed by atoms with Gasteiger partial charge in [-0.05, 0) is 38.2 Å². The first-order valence-electron chi connectivity index (χ1n) is 4.66. The maximum Gasteiger partial charge on any atom is 0.157 e. The van der Waals surface area contributed by atoms with E-state index in [1.807, 2.05) is 6.08 Å². The Hall–Kier alpha value is -0.460. The van der Waals surface area contributed by atoms with Gasteiger partial charge in [0.2, 0.25) is 0 Å². The van der Waals surface area contributed by atoms with Crippen molar-refractivity contribution in [1.29, 1.82) is 0 Å². The molecule has 0 bridgehead atoms. The summed E-state index contributed by atoms with van der Waals surface area (Å²) in [4.78, 5) is 0. The Bertz CT molecular complexity index is 112. The number of hydrogen-bond acceptors (Lipinski definition) is 1. The number of rotatable bonds is 3. The summed E-state index contributed by atoms with van der Waals surface area (Å²) < 4.78 is 5.42. The van der Waals surface area contributed by atoms with Crippen molar-refractivity contribution in [3.8, 4) is 0 Å². The summed E-state index contributed by atoms with van der Waals surface area (Å²) in [5.74, 6) is 0. The third-order valence-corrected chi connectivity index (χ3v) is 2.07. The van der Waals surface area contributed by atoms with Crippen LogP contribution in [0.5, 0.6) is 0 Å². The van der Waals surface area contributed by atoms with Crippen LogP contribution in [0.3, 0.4) is 0 Å². The van der Waals surface area contributed by atoms with Crippen molar-refractivity contribution in [2.45, 2.75) is 51.6 Å². The third-order valence-electron chi connectivity index (χ3n) is 2.07. The third kappa shape index (κ3) is 3.45. The smallest absolute Gasteiger partial charge is 0.157 e. The molecule has 0 aliphatic heterocycles. The normalized spacial score (nSPS) is 20.8. The minimum Gasteiger partial charge on any atom is -0.487 e.